The summed E-state index contributed by atoms with van der Waals surface area (Å²) in [5.74, 6) is 1.72. The Hall–Kier alpha value is -1.52. The third-order valence-corrected chi connectivity index (χ3v) is 4.13. The molecule has 0 saturated heterocycles. The second kappa shape index (κ2) is 10.3. The minimum absolute atomic E-state index is 0.788. The highest BCUT2D eigenvalue weighted by atomic mass is 15.3. The van der Waals surface area contributed by atoms with Gasteiger partial charge in [0.05, 0.1) is 5.69 Å². The Kier molecular flexibility index (Phi) is 8.74. The smallest absolute Gasteiger partial charge is 0.191 e. The first-order chi connectivity index (χ1) is 11.0. The summed E-state index contributed by atoms with van der Waals surface area (Å²) in [7, 11) is 2.00. The predicted octanol–water partition coefficient (Wildman–Crippen LogP) is 2.96. The van der Waals surface area contributed by atoms with E-state index in [1.54, 1.807) is 0 Å². The molecule has 0 aliphatic carbocycles. The summed E-state index contributed by atoms with van der Waals surface area (Å²) in [5, 5.41) is 11.2. The fourth-order valence-electron chi connectivity index (χ4n) is 2.68. The molecular formula is C18H35N5. The van der Waals surface area contributed by atoms with E-state index in [2.05, 4.69) is 55.3 Å². The predicted molar refractivity (Wildman–Crippen MR) is 99.1 cm³/mol. The SMILES string of the molecule is CCNC(=NCCCCC(C)C)NCCc1c(C)nn(C)c1C. The second-order valence-corrected chi connectivity index (χ2v) is 6.60. The number of aliphatic imine (C=N–C) groups is 1. The Bertz CT molecular complexity index is 488. The van der Waals surface area contributed by atoms with E-state index in [4.69, 9.17) is 0 Å². The molecule has 1 rings (SSSR count). The van der Waals surface area contributed by atoms with Crippen LogP contribution in [0.1, 0.15) is 57.0 Å². The van der Waals surface area contributed by atoms with Crippen molar-refractivity contribution in [3.05, 3.63) is 17.0 Å². The van der Waals surface area contributed by atoms with Crippen LogP contribution in [-0.4, -0.2) is 35.4 Å². The lowest BCUT2D eigenvalue weighted by Crippen LogP contribution is -2.38. The van der Waals surface area contributed by atoms with Gasteiger partial charge in [-0.3, -0.25) is 9.67 Å². The van der Waals surface area contributed by atoms with Crippen molar-refractivity contribution in [3.63, 3.8) is 0 Å². The van der Waals surface area contributed by atoms with Crippen LogP contribution in [0.25, 0.3) is 0 Å². The first-order valence-electron chi connectivity index (χ1n) is 8.96. The van der Waals surface area contributed by atoms with E-state index in [-0.39, 0.29) is 0 Å². The Labute approximate surface area is 142 Å². The van der Waals surface area contributed by atoms with Gasteiger partial charge in [0.1, 0.15) is 0 Å². The Balaban J connectivity index is 2.40. The van der Waals surface area contributed by atoms with Crippen molar-refractivity contribution >= 4 is 5.96 Å². The number of hydrogen-bond acceptors (Lipinski definition) is 2. The monoisotopic (exact) mass is 321 g/mol. The van der Waals surface area contributed by atoms with Crippen molar-refractivity contribution < 1.29 is 0 Å². The van der Waals surface area contributed by atoms with Gasteiger partial charge in [-0.25, -0.2) is 0 Å². The van der Waals surface area contributed by atoms with Gasteiger partial charge in [0.15, 0.2) is 5.96 Å². The molecule has 23 heavy (non-hydrogen) atoms. The average Bonchev–Trinajstić information content (AvgIpc) is 2.72. The zero-order valence-electron chi connectivity index (χ0n) is 15.9. The van der Waals surface area contributed by atoms with Gasteiger partial charge in [-0.1, -0.05) is 26.7 Å². The van der Waals surface area contributed by atoms with Crippen LogP contribution >= 0.6 is 0 Å². The van der Waals surface area contributed by atoms with Crippen molar-refractivity contribution in [1.29, 1.82) is 0 Å². The molecule has 0 saturated carbocycles. The number of guanidine groups is 1. The topological polar surface area (TPSA) is 54.2 Å². The molecule has 0 fully saturated rings. The quantitative estimate of drug-likeness (QED) is 0.418. The van der Waals surface area contributed by atoms with Crippen LogP contribution < -0.4 is 10.6 Å². The number of rotatable bonds is 9. The van der Waals surface area contributed by atoms with Gasteiger partial charge in [0.2, 0.25) is 0 Å². The molecule has 0 bridgehead atoms. The zero-order chi connectivity index (χ0) is 17.2. The summed E-state index contributed by atoms with van der Waals surface area (Å²) in [4.78, 5) is 4.67. The number of unbranched alkanes of at least 4 members (excludes halogenated alkanes) is 1. The number of nitrogens with one attached hydrogen (secondary N) is 2. The number of nitrogens with zero attached hydrogens (tertiary/aromatic N) is 3. The molecule has 0 aliphatic heterocycles. The molecule has 2 N–H and O–H groups in total. The summed E-state index contributed by atoms with van der Waals surface area (Å²) in [6.45, 7) is 13.5. The Morgan fingerprint density at radius 3 is 2.52 bits per heavy atom. The standard InChI is InChI=1S/C18H35N5/c1-7-19-18(20-12-9-8-10-14(2)3)21-13-11-17-15(4)22-23(6)16(17)5/h14H,7-13H2,1-6H3,(H2,19,20,21). The summed E-state index contributed by atoms with van der Waals surface area (Å²) in [5.41, 5.74) is 3.72. The van der Waals surface area contributed by atoms with Gasteiger partial charge in [-0.2, -0.15) is 5.10 Å². The van der Waals surface area contributed by atoms with Gasteiger partial charge in [0, 0.05) is 32.4 Å². The Morgan fingerprint density at radius 1 is 1.22 bits per heavy atom. The fraction of sp³-hybridized carbons (Fsp3) is 0.778. The third-order valence-electron chi connectivity index (χ3n) is 4.13. The highest BCUT2D eigenvalue weighted by Crippen LogP contribution is 2.11. The van der Waals surface area contributed by atoms with Gasteiger partial charge in [0.25, 0.3) is 0 Å². The van der Waals surface area contributed by atoms with Crippen LogP contribution in [0.2, 0.25) is 0 Å². The highest BCUT2D eigenvalue weighted by Gasteiger charge is 2.08. The highest BCUT2D eigenvalue weighted by molar-refractivity contribution is 5.79. The Morgan fingerprint density at radius 2 is 1.96 bits per heavy atom. The van der Waals surface area contributed by atoms with Crippen molar-refractivity contribution in [2.45, 2.75) is 60.3 Å². The van der Waals surface area contributed by atoms with Gasteiger partial charge >= 0.3 is 0 Å². The van der Waals surface area contributed by atoms with Gasteiger partial charge in [-0.05, 0) is 45.1 Å². The molecule has 0 atom stereocenters. The molecule has 1 heterocycles. The number of hydrogen-bond donors (Lipinski definition) is 2. The van der Waals surface area contributed by atoms with Crippen molar-refractivity contribution in [1.82, 2.24) is 20.4 Å². The van der Waals surface area contributed by atoms with E-state index in [0.29, 0.717) is 0 Å². The van der Waals surface area contributed by atoms with Crippen molar-refractivity contribution in [2.24, 2.45) is 18.0 Å². The molecule has 5 heteroatoms. The van der Waals surface area contributed by atoms with Crippen LogP contribution in [0, 0.1) is 19.8 Å². The number of aromatic nitrogens is 2. The molecule has 0 amide bonds. The van der Waals surface area contributed by atoms with E-state index in [1.807, 2.05) is 11.7 Å². The third kappa shape index (κ3) is 7.06. The maximum absolute atomic E-state index is 4.67. The summed E-state index contributed by atoms with van der Waals surface area (Å²) < 4.78 is 1.96. The first-order valence-corrected chi connectivity index (χ1v) is 8.96. The zero-order valence-corrected chi connectivity index (χ0v) is 15.9. The molecule has 0 spiro atoms. The minimum Gasteiger partial charge on any atom is -0.357 e. The normalized spacial score (nSPS) is 12.0. The molecule has 0 aliphatic rings. The van der Waals surface area contributed by atoms with Crippen LogP contribution in [0.5, 0.6) is 0 Å². The van der Waals surface area contributed by atoms with E-state index in [0.717, 1.165) is 50.0 Å². The second-order valence-electron chi connectivity index (χ2n) is 6.60. The lowest BCUT2D eigenvalue weighted by molar-refractivity contribution is 0.541. The fourth-order valence-corrected chi connectivity index (χ4v) is 2.68. The molecular weight excluding hydrogens is 286 g/mol. The minimum atomic E-state index is 0.788. The van der Waals surface area contributed by atoms with E-state index < -0.39 is 0 Å². The molecule has 1 aromatic rings. The number of aryl methyl sites for hydroxylation is 2. The van der Waals surface area contributed by atoms with Crippen LogP contribution in [-0.2, 0) is 13.5 Å². The van der Waals surface area contributed by atoms with E-state index >= 15 is 0 Å². The molecule has 0 radical (unpaired) electrons. The average molecular weight is 322 g/mol. The largest absolute Gasteiger partial charge is 0.357 e. The lowest BCUT2D eigenvalue weighted by atomic mass is 10.1. The summed E-state index contributed by atoms with van der Waals surface area (Å²) >= 11 is 0. The molecule has 132 valence electrons. The van der Waals surface area contributed by atoms with Gasteiger partial charge in [-0.15, -0.1) is 0 Å². The summed E-state index contributed by atoms with van der Waals surface area (Å²) in [6, 6.07) is 0. The summed E-state index contributed by atoms with van der Waals surface area (Å²) in [6.07, 6.45) is 4.69. The van der Waals surface area contributed by atoms with Crippen molar-refractivity contribution in [3.8, 4) is 0 Å². The lowest BCUT2D eigenvalue weighted by Gasteiger charge is -2.11. The molecule has 0 aromatic carbocycles. The van der Waals surface area contributed by atoms with Crippen LogP contribution in [0.3, 0.4) is 0 Å². The van der Waals surface area contributed by atoms with E-state index in [1.165, 1.54) is 24.1 Å². The molecule has 5 nitrogen and oxygen atoms in total. The first kappa shape index (κ1) is 19.5. The van der Waals surface area contributed by atoms with Crippen LogP contribution in [0.15, 0.2) is 4.99 Å². The molecule has 1 aromatic heterocycles. The van der Waals surface area contributed by atoms with Crippen LogP contribution in [0.4, 0.5) is 0 Å². The maximum atomic E-state index is 4.67. The molecule has 0 unspecified atom stereocenters. The maximum Gasteiger partial charge on any atom is 0.191 e. The van der Waals surface area contributed by atoms with E-state index in [9.17, 15) is 0 Å². The van der Waals surface area contributed by atoms with Crippen molar-refractivity contribution in [2.75, 3.05) is 19.6 Å². The van der Waals surface area contributed by atoms with Gasteiger partial charge < -0.3 is 10.6 Å².